The summed E-state index contributed by atoms with van der Waals surface area (Å²) in [6.45, 7) is 6.51. The first-order chi connectivity index (χ1) is 14.3. The third kappa shape index (κ3) is 5.51. The second-order valence-electron chi connectivity index (χ2n) is 8.17. The fourth-order valence-electron chi connectivity index (χ4n) is 4.44. The Morgan fingerprint density at radius 3 is 2.41 bits per heavy atom. The van der Waals surface area contributed by atoms with Crippen LogP contribution in [-0.4, -0.2) is 61.1 Å². The molecule has 29 heavy (non-hydrogen) atoms. The molecule has 1 atom stereocenters. The van der Waals surface area contributed by atoms with Crippen molar-refractivity contribution in [3.8, 4) is 0 Å². The maximum absolute atomic E-state index is 12.9. The molecule has 2 aliphatic rings. The monoisotopic (exact) mass is 392 g/mol. The summed E-state index contributed by atoms with van der Waals surface area (Å²) in [6, 6.07) is 21.5. The van der Waals surface area contributed by atoms with E-state index in [9.17, 15) is 4.79 Å². The number of carbonyl (C=O) groups is 1. The van der Waals surface area contributed by atoms with Gasteiger partial charge in [0.1, 0.15) is 0 Å². The summed E-state index contributed by atoms with van der Waals surface area (Å²) < 4.78 is 0. The van der Waals surface area contributed by atoms with Crippen LogP contribution in [0, 0.1) is 0 Å². The highest BCUT2D eigenvalue weighted by molar-refractivity contribution is 5.74. The lowest BCUT2D eigenvalue weighted by Crippen LogP contribution is -2.51. The average molecular weight is 393 g/mol. The van der Waals surface area contributed by atoms with Gasteiger partial charge in [-0.05, 0) is 43.5 Å². The van der Waals surface area contributed by atoms with E-state index in [1.165, 1.54) is 11.3 Å². The van der Waals surface area contributed by atoms with Crippen LogP contribution in [0.3, 0.4) is 0 Å². The smallest absolute Gasteiger partial charge is 0.317 e. The second-order valence-corrected chi connectivity index (χ2v) is 8.17. The van der Waals surface area contributed by atoms with Gasteiger partial charge in [0.2, 0.25) is 0 Å². The summed E-state index contributed by atoms with van der Waals surface area (Å²) >= 11 is 0. The van der Waals surface area contributed by atoms with Crippen molar-refractivity contribution >= 4 is 11.7 Å². The fourth-order valence-corrected chi connectivity index (χ4v) is 4.44. The molecule has 0 aromatic heterocycles. The molecule has 1 N–H and O–H groups in total. The van der Waals surface area contributed by atoms with E-state index < -0.39 is 0 Å². The van der Waals surface area contributed by atoms with Crippen LogP contribution in [0.1, 0.15) is 24.8 Å². The van der Waals surface area contributed by atoms with E-state index in [2.05, 4.69) is 69.7 Å². The average Bonchev–Trinajstić information content (AvgIpc) is 3.02. The number of benzene rings is 2. The molecule has 2 amide bonds. The molecule has 0 unspecified atom stereocenters. The van der Waals surface area contributed by atoms with Gasteiger partial charge in [-0.15, -0.1) is 0 Å². The van der Waals surface area contributed by atoms with E-state index in [0.29, 0.717) is 0 Å². The molecular formula is C24H32N4O. The van der Waals surface area contributed by atoms with Crippen molar-refractivity contribution in [2.24, 2.45) is 0 Å². The Morgan fingerprint density at radius 1 is 0.862 bits per heavy atom. The lowest BCUT2D eigenvalue weighted by molar-refractivity contribution is 0.165. The number of hydrogen-bond acceptors (Lipinski definition) is 3. The van der Waals surface area contributed by atoms with Crippen molar-refractivity contribution < 1.29 is 4.79 Å². The largest absolute Gasteiger partial charge is 0.370 e. The minimum absolute atomic E-state index is 0.103. The SMILES string of the molecule is O=C(N[C@H]1CCCN(Cc2ccccc2)C1)N1CCCN(c2ccccc2)CC1. The van der Waals surface area contributed by atoms with Gasteiger partial charge in [0, 0.05) is 51.0 Å². The van der Waals surface area contributed by atoms with Gasteiger partial charge in [-0.3, -0.25) is 4.90 Å². The lowest BCUT2D eigenvalue weighted by Gasteiger charge is -2.34. The van der Waals surface area contributed by atoms with E-state index >= 15 is 0 Å². The molecule has 2 aromatic carbocycles. The first-order valence-corrected chi connectivity index (χ1v) is 10.9. The summed E-state index contributed by atoms with van der Waals surface area (Å²) in [5, 5.41) is 3.31. The normalized spacial score (nSPS) is 20.9. The highest BCUT2D eigenvalue weighted by Crippen LogP contribution is 2.17. The standard InChI is InChI=1S/C24H32N4O/c29-24(28-16-8-15-27(17-18-28)23-12-5-2-6-13-23)25-22-11-7-14-26(20-22)19-21-9-3-1-4-10-21/h1-6,9-10,12-13,22H,7-8,11,14-20H2,(H,25,29)/t22-/m0/s1. The summed E-state index contributed by atoms with van der Waals surface area (Å²) in [6.07, 6.45) is 3.22. The molecule has 2 aromatic rings. The van der Waals surface area contributed by atoms with Gasteiger partial charge in [-0.2, -0.15) is 0 Å². The van der Waals surface area contributed by atoms with Gasteiger partial charge in [0.05, 0.1) is 0 Å². The molecule has 0 saturated carbocycles. The Hall–Kier alpha value is -2.53. The number of hydrogen-bond donors (Lipinski definition) is 1. The number of carbonyl (C=O) groups excluding carboxylic acids is 1. The van der Waals surface area contributed by atoms with E-state index in [1.54, 1.807) is 0 Å². The Bertz CT molecular complexity index is 767. The van der Waals surface area contributed by atoms with Crippen LogP contribution in [0.15, 0.2) is 60.7 Å². The Balaban J connectivity index is 1.27. The number of amides is 2. The molecule has 0 bridgehead atoms. The van der Waals surface area contributed by atoms with Crippen LogP contribution < -0.4 is 10.2 Å². The van der Waals surface area contributed by atoms with Crippen LogP contribution >= 0.6 is 0 Å². The third-order valence-corrected chi connectivity index (χ3v) is 5.99. The highest BCUT2D eigenvalue weighted by Gasteiger charge is 2.25. The molecule has 5 heteroatoms. The summed E-state index contributed by atoms with van der Waals surface area (Å²) in [5.41, 5.74) is 2.59. The van der Waals surface area contributed by atoms with Gasteiger partial charge >= 0.3 is 6.03 Å². The molecule has 2 fully saturated rings. The van der Waals surface area contributed by atoms with Crippen LogP contribution in [0.25, 0.3) is 0 Å². The third-order valence-electron chi connectivity index (χ3n) is 5.99. The highest BCUT2D eigenvalue weighted by atomic mass is 16.2. The molecule has 154 valence electrons. The minimum Gasteiger partial charge on any atom is -0.370 e. The summed E-state index contributed by atoms with van der Waals surface area (Å²) in [5.74, 6) is 0. The van der Waals surface area contributed by atoms with Crippen molar-refractivity contribution in [1.82, 2.24) is 15.1 Å². The Morgan fingerprint density at radius 2 is 1.62 bits per heavy atom. The predicted molar refractivity (Wildman–Crippen MR) is 118 cm³/mol. The molecule has 2 aliphatic heterocycles. The van der Waals surface area contributed by atoms with Crippen LogP contribution in [-0.2, 0) is 6.54 Å². The lowest BCUT2D eigenvalue weighted by atomic mass is 10.0. The maximum Gasteiger partial charge on any atom is 0.317 e. The molecule has 5 nitrogen and oxygen atoms in total. The maximum atomic E-state index is 12.9. The number of nitrogens with one attached hydrogen (secondary N) is 1. The van der Waals surface area contributed by atoms with E-state index in [-0.39, 0.29) is 12.1 Å². The van der Waals surface area contributed by atoms with Crippen molar-refractivity contribution in [3.05, 3.63) is 66.2 Å². The predicted octanol–water partition coefficient (Wildman–Crippen LogP) is 3.57. The molecule has 4 rings (SSSR count). The zero-order chi connectivity index (χ0) is 19.9. The zero-order valence-corrected chi connectivity index (χ0v) is 17.2. The molecular weight excluding hydrogens is 360 g/mol. The van der Waals surface area contributed by atoms with Gasteiger partial charge < -0.3 is 15.1 Å². The second kappa shape index (κ2) is 9.79. The fraction of sp³-hybridized carbons (Fsp3) is 0.458. The number of nitrogens with zero attached hydrogens (tertiary/aromatic N) is 3. The Kier molecular flexibility index (Phi) is 6.67. The molecule has 0 aliphatic carbocycles. The molecule has 2 heterocycles. The number of para-hydroxylation sites is 1. The zero-order valence-electron chi connectivity index (χ0n) is 17.2. The van der Waals surface area contributed by atoms with Crippen LogP contribution in [0.2, 0.25) is 0 Å². The number of piperidine rings is 1. The summed E-state index contributed by atoms with van der Waals surface area (Å²) in [7, 11) is 0. The van der Waals surface area contributed by atoms with Gasteiger partial charge in [-0.25, -0.2) is 4.79 Å². The van der Waals surface area contributed by atoms with Crippen LogP contribution in [0.4, 0.5) is 10.5 Å². The minimum atomic E-state index is 0.103. The quantitative estimate of drug-likeness (QED) is 0.865. The number of rotatable bonds is 4. The number of anilines is 1. The van der Waals surface area contributed by atoms with E-state index in [0.717, 1.165) is 65.1 Å². The van der Waals surface area contributed by atoms with Crippen LogP contribution in [0.5, 0.6) is 0 Å². The van der Waals surface area contributed by atoms with E-state index in [1.807, 2.05) is 11.0 Å². The first kappa shape index (κ1) is 19.8. The van der Waals surface area contributed by atoms with Gasteiger partial charge in [-0.1, -0.05) is 48.5 Å². The first-order valence-electron chi connectivity index (χ1n) is 10.9. The van der Waals surface area contributed by atoms with Crippen molar-refractivity contribution in [2.45, 2.75) is 31.8 Å². The van der Waals surface area contributed by atoms with Crippen molar-refractivity contribution in [2.75, 3.05) is 44.2 Å². The van der Waals surface area contributed by atoms with Gasteiger partial charge in [0.15, 0.2) is 0 Å². The molecule has 0 spiro atoms. The Labute approximate surface area is 174 Å². The number of likely N-dealkylation sites (tertiary alicyclic amines) is 1. The molecule has 0 radical (unpaired) electrons. The molecule has 2 saturated heterocycles. The summed E-state index contributed by atoms with van der Waals surface area (Å²) in [4.78, 5) is 19.8. The van der Waals surface area contributed by atoms with Crippen molar-refractivity contribution in [1.29, 1.82) is 0 Å². The topological polar surface area (TPSA) is 38.8 Å². The van der Waals surface area contributed by atoms with E-state index in [4.69, 9.17) is 0 Å². The van der Waals surface area contributed by atoms with Gasteiger partial charge in [0.25, 0.3) is 0 Å². The number of urea groups is 1. The van der Waals surface area contributed by atoms with Crippen molar-refractivity contribution in [3.63, 3.8) is 0 Å².